The summed E-state index contributed by atoms with van der Waals surface area (Å²) in [4.78, 5) is 30.6. The number of amides is 2. The molecule has 2 aromatic carbocycles. The van der Waals surface area contributed by atoms with E-state index in [4.69, 9.17) is 0 Å². The Labute approximate surface area is 156 Å². The summed E-state index contributed by atoms with van der Waals surface area (Å²) in [6.45, 7) is 3.57. The number of fused-ring (bicyclic) bond motifs is 1. The molecule has 0 aliphatic rings. The van der Waals surface area contributed by atoms with E-state index in [9.17, 15) is 14.0 Å². The first-order valence-electron chi connectivity index (χ1n) is 8.52. The van der Waals surface area contributed by atoms with Gasteiger partial charge in [-0.05, 0) is 44.2 Å². The van der Waals surface area contributed by atoms with E-state index >= 15 is 0 Å². The molecule has 6 heteroatoms. The Morgan fingerprint density at radius 2 is 1.78 bits per heavy atom. The van der Waals surface area contributed by atoms with Gasteiger partial charge in [-0.25, -0.2) is 4.39 Å². The van der Waals surface area contributed by atoms with Crippen LogP contribution in [0.25, 0.3) is 10.9 Å². The topological polar surface area (TPSA) is 62.3 Å². The molecule has 1 aromatic heterocycles. The molecule has 0 unspecified atom stereocenters. The van der Waals surface area contributed by atoms with Crippen molar-refractivity contribution in [1.29, 1.82) is 0 Å². The van der Waals surface area contributed by atoms with Gasteiger partial charge in [0.15, 0.2) is 0 Å². The summed E-state index contributed by atoms with van der Waals surface area (Å²) < 4.78 is 13.3. The van der Waals surface area contributed by atoms with Gasteiger partial charge in [-0.2, -0.15) is 0 Å². The fourth-order valence-electron chi connectivity index (χ4n) is 2.78. The molecule has 27 heavy (non-hydrogen) atoms. The van der Waals surface area contributed by atoms with Gasteiger partial charge < -0.3 is 10.2 Å². The van der Waals surface area contributed by atoms with Crippen LogP contribution < -0.4 is 5.32 Å². The molecule has 0 atom stereocenters. The zero-order valence-corrected chi connectivity index (χ0v) is 15.4. The minimum Gasteiger partial charge on any atom is -0.332 e. The van der Waals surface area contributed by atoms with Crippen LogP contribution in [0.5, 0.6) is 0 Å². The number of aryl methyl sites for hydroxylation is 2. The monoisotopic (exact) mass is 365 g/mol. The van der Waals surface area contributed by atoms with Gasteiger partial charge in [-0.1, -0.05) is 17.7 Å². The first-order chi connectivity index (χ1) is 12.8. The molecule has 1 N–H and O–H groups in total. The van der Waals surface area contributed by atoms with E-state index in [0.29, 0.717) is 27.8 Å². The molecule has 0 aliphatic heterocycles. The normalized spacial score (nSPS) is 10.7. The molecule has 0 aliphatic carbocycles. The predicted octanol–water partition coefficient (Wildman–Crippen LogP) is 3.70. The molecule has 3 aromatic rings. The molecule has 0 saturated heterocycles. The summed E-state index contributed by atoms with van der Waals surface area (Å²) in [6, 6.07) is 13.3. The number of halogens is 1. The first kappa shape index (κ1) is 18.5. The highest BCUT2D eigenvalue weighted by atomic mass is 19.1. The third kappa shape index (κ3) is 4.28. The average molecular weight is 365 g/mol. The minimum atomic E-state index is -0.377. The third-order valence-corrected chi connectivity index (χ3v) is 4.26. The van der Waals surface area contributed by atoms with Crippen molar-refractivity contribution in [3.05, 3.63) is 71.2 Å². The van der Waals surface area contributed by atoms with Crippen molar-refractivity contribution in [2.75, 3.05) is 18.9 Å². The Bertz CT molecular complexity index is 1020. The molecule has 138 valence electrons. The molecular weight excluding hydrogens is 345 g/mol. The van der Waals surface area contributed by atoms with Crippen molar-refractivity contribution in [3.63, 3.8) is 0 Å². The van der Waals surface area contributed by atoms with Gasteiger partial charge in [0.1, 0.15) is 5.82 Å². The van der Waals surface area contributed by atoms with E-state index in [1.165, 1.54) is 17.0 Å². The van der Waals surface area contributed by atoms with Crippen LogP contribution in [0.1, 0.15) is 21.6 Å². The number of carbonyl (C=O) groups is 2. The molecular formula is C21H20FN3O2. The fraction of sp³-hybridized carbons (Fsp3) is 0.190. The van der Waals surface area contributed by atoms with E-state index < -0.39 is 0 Å². The van der Waals surface area contributed by atoms with E-state index in [1.54, 1.807) is 26.1 Å². The summed E-state index contributed by atoms with van der Waals surface area (Å²) >= 11 is 0. The summed E-state index contributed by atoms with van der Waals surface area (Å²) in [5.41, 5.74) is 3.14. The zero-order valence-electron chi connectivity index (χ0n) is 15.4. The number of nitrogens with one attached hydrogen (secondary N) is 1. The van der Waals surface area contributed by atoms with E-state index in [0.717, 1.165) is 5.56 Å². The summed E-state index contributed by atoms with van der Waals surface area (Å²) in [7, 11) is 1.56. The number of benzene rings is 2. The first-order valence-corrected chi connectivity index (χ1v) is 8.52. The lowest BCUT2D eigenvalue weighted by molar-refractivity contribution is -0.116. The van der Waals surface area contributed by atoms with Crippen molar-refractivity contribution < 1.29 is 14.0 Å². The lowest BCUT2D eigenvalue weighted by atomic mass is 10.1. The van der Waals surface area contributed by atoms with Crippen LogP contribution in [-0.2, 0) is 4.79 Å². The molecule has 3 rings (SSSR count). The molecule has 0 saturated carbocycles. The molecule has 0 fully saturated rings. The predicted molar refractivity (Wildman–Crippen MR) is 103 cm³/mol. The Morgan fingerprint density at radius 1 is 1.07 bits per heavy atom. The van der Waals surface area contributed by atoms with Crippen LogP contribution in [0.2, 0.25) is 0 Å². The molecule has 2 amide bonds. The fourth-order valence-corrected chi connectivity index (χ4v) is 2.78. The number of hydrogen-bond donors (Lipinski definition) is 1. The smallest absolute Gasteiger partial charge is 0.255 e. The highest BCUT2D eigenvalue weighted by Gasteiger charge is 2.18. The third-order valence-electron chi connectivity index (χ3n) is 4.26. The lowest BCUT2D eigenvalue weighted by Gasteiger charge is -2.18. The largest absolute Gasteiger partial charge is 0.332 e. The van der Waals surface area contributed by atoms with Gasteiger partial charge in [-0.3, -0.25) is 14.6 Å². The highest BCUT2D eigenvalue weighted by Crippen LogP contribution is 2.19. The van der Waals surface area contributed by atoms with E-state index in [2.05, 4.69) is 10.3 Å². The van der Waals surface area contributed by atoms with E-state index in [-0.39, 0.29) is 24.2 Å². The number of carbonyl (C=O) groups excluding carboxylic acids is 2. The van der Waals surface area contributed by atoms with Crippen LogP contribution in [0.15, 0.2) is 48.5 Å². The van der Waals surface area contributed by atoms with Crippen molar-refractivity contribution in [2.45, 2.75) is 13.8 Å². The molecule has 0 bridgehead atoms. The number of aromatic nitrogens is 1. The summed E-state index contributed by atoms with van der Waals surface area (Å²) in [6.07, 6.45) is 0. The van der Waals surface area contributed by atoms with Crippen LogP contribution in [0, 0.1) is 19.7 Å². The number of nitrogens with zero attached hydrogens (tertiary/aromatic N) is 2. The van der Waals surface area contributed by atoms with Gasteiger partial charge in [0.05, 0.1) is 23.3 Å². The van der Waals surface area contributed by atoms with Crippen LogP contribution in [0.4, 0.5) is 10.1 Å². The highest BCUT2D eigenvalue weighted by molar-refractivity contribution is 6.01. The van der Waals surface area contributed by atoms with Crippen molar-refractivity contribution in [1.82, 2.24) is 9.88 Å². The number of hydrogen-bond acceptors (Lipinski definition) is 3. The number of anilines is 1. The van der Waals surface area contributed by atoms with Crippen LogP contribution in [0.3, 0.4) is 0 Å². The maximum Gasteiger partial charge on any atom is 0.255 e. The number of pyridine rings is 1. The van der Waals surface area contributed by atoms with Crippen molar-refractivity contribution >= 4 is 28.4 Å². The number of rotatable bonds is 4. The summed E-state index contributed by atoms with van der Waals surface area (Å²) in [5.74, 6) is -0.980. The maximum absolute atomic E-state index is 13.3. The van der Waals surface area contributed by atoms with Gasteiger partial charge in [0.2, 0.25) is 5.91 Å². The molecule has 0 spiro atoms. The average Bonchev–Trinajstić information content (AvgIpc) is 2.62. The Hall–Kier alpha value is -3.28. The molecule has 1 heterocycles. The second-order valence-electron chi connectivity index (χ2n) is 6.53. The Kier molecular flexibility index (Phi) is 5.16. The molecule has 5 nitrogen and oxygen atoms in total. The van der Waals surface area contributed by atoms with Crippen molar-refractivity contribution in [3.8, 4) is 0 Å². The quantitative estimate of drug-likeness (QED) is 0.767. The Morgan fingerprint density at radius 3 is 2.48 bits per heavy atom. The van der Waals surface area contributed by atoms with Gasteiger partial charge in [-0.15, -0.1) is 0 Å². The Balaban J connectivity index is 1.73. The molecule has 0 radical (unpaired) electrons. The SMILES string of the molecule is Cc1ccc(NC(=O)CN(C)C(=O)c2cc3ccc(F)cc3nc2C)cc1. The van der Waals surface area contributed by atoms with Crippen molar-refractivity contribution in [2.24, 2.45) is 0 Å². The number of likely N-dealkylation sites (N-methyl/N-ethyl adjacent to an activating group) is 1. The van der Waals surface area contributed by atoms with E-state index in [1.807, 2.05) is 31.2 Å². The maximum atomic E-state index is 13.3. The summed E-state index contributed by atoms with van der Waals surface area (Å²) in [5, 5.41) is 3.44. The minimum absolute atomic E-state index is 0.0897. The van der Waals surface area contributed by atoms with Crippen LogP contribution in [-0.4, -0.2) is 35.3 Å². The van der Waals surface area contributed by atoms with Gasteiger partial charge >= 0.3 is 0 Å². The van der Waals surface area contributed by atoms with Gasteiger partial charge in [0.25, 0.3) is 5.91 Å². The van der Waals surface area contributed by atoms with Crippen LogP contribution >= 0.6 is 0 Å². The van der Waals surface area contributed by atoms with Gasteiger partial charge in [0, 0.05) is 24.2 Å². The zero-order chi connectivity index (χ0) is 19.6. The standard InChI is InChI=1S/C21H20FN3O2/c1-13-4-8-17(9-5-13)24-20(26)12-25(3)21(27)18-10-15-6-7-16(22)11-19(15)23-14(18)2/h4-11H,12H2,1-3H3,(H,24,26). The second-order valence-corrected chi connectivity index (χ2v) is 6.53. The second kappa shape index (κ2) is 7.53. The lowest BCUT2D eigenvalue weighted by Crippen LogP contribution is -2.35.